The summed E-state index contributed by atoms with van der Waals surface area (Å²) in [6.45, 7) is 9.55. The van der Waals surface area contributed by atoms with Crippen molar-refractivity contribution in [2.24, 2.45) is 16.7 Å². The molecule has 0 amide bonds. The molecule has 2 aromatic rings. The van der Waals surface area contributed by atoms with Gasteiger partial charge < -0.3 is 4.74 Å². The molecule has 5 rings (SSSR count). The van der Waals surface area contributed by atoms with Gasteiger partial charge in [-0.2, -0.15) is 0 Å². The fourth-order valence-corrected chi connectivity index (χ4v) is 11.3. The highest BCUT2D eigenvalue weighted by molar-refractivity contribution is 8.07. The van der Waals surface area contributed by atoms with Crippen LogP contribution in [0.5, 0.6) is 0 Å². The molecule has 0 radical (unpaired) electrons. The van der Waals surface area contributed by atoms with E-state index in [1.165, 1.54) is 46.8 Å². The van der Waals surface area contributed by atoms with Gasteiger partial charge in [-0.1, -0.05) is 62.4 Å². The van der Waals surface area contributed by atoms with Crippen LogP contribution in [0.2, 0.25) is 0 Å². The third-order valence-electron chi connectivity index (χ3n) is 8.08. The molecular weight excluding hydrogens is 379 g/mol. The molecule has 1 saturated heterocycles. The molecule has 0 unspecified atom stereocenters. The highest BCUT2D eigenvalue weighted by Gasteiger charge is 2.66. The zero-order chi connectivity index (χ0) is 19.5. The maximum Gasteiger partial charge on any atom is 0.130 e. The second-order valence-electron chi connectivity index (χ2n) is 9.53. The Balaban J connectivity index is 1.53. The largest absolute Gasteiger partial charge is 0.359 e. The Kier molecular flexibility index (Phi) is 4.70. The van der Waals surface area contributed by atoms with Gasteiger partial charge in [0.05, 0.1) is 6.10 Å². The Labute approximate surface area is 175 Å². The number of hydrogen-bond acceptors (Lipinski definition) is 2. The lowest BCUT2D eigenvalue weighted by molar-refractivity contribution is -0.0437. The van der Waals surface area contributed by atoms with E-state index >= 15 is 0 Å². The summed E-state index contributed by atoms with van der Waals surface area (Å²) in [7, 11) is -0.537. The maximum atomic E-state index is 7.04. The lowest BCUT2D eigenvalue weighted by atomic mass is 9.69. The summed E-state index contributed by atoms with van der Waals surface area (Å²) in [6.07, 6.45) is 4.49. The summed E-state index contributed by atoms with van der Waals surface area (Å²) in [5.74, 6) is 2.11. The van der Waals surface area contributed by atoms with E-state index in [4.69, 9.17) is 4.74 Å². The first-order valence-corrected chi connectivity index (χ1v) is 13.1. The average molecular weight is 411 g/mol. The minimum absolute atomic E-state index is 0.267. The van der Waals surface area contributed by atoms with Crippen molar-refractivity contribution >= 4 is 30.3 Å². The molecule has 2 saturated carbocycles. The summed E-state index contributed by atoms with van der Waals surface area (Å²) in [6, 6.07) is 17.9. The number of hydrogen-bond donors (Lipinski definition) is 0. The van der Waals surface area contributed by atoms with Gasteiger partial charge in [-0.25, -0.2) is 0 Å². The molecule has 148 valence electrons. The first-order valence-electron chi connectivity index (χ1n) is 10.6. The van der Waals surface area contributed by atoms with Gasteiger partial charge in [0.1, 0.15) is 5.18 Å². The topological polar surface area (TPSA) is 9.23 Å². The average Bonchev–Trinajstić information content (AvgIpc) is 3.06. The van der Waals surface area contributed by atoms with Gasteiger partial charge in [0.2, 0.25) is 0 Å². The quantitative estimate of drug-likeness (QED) is 0.576. The predicted octanol–water partition coefficient (Wildman–Crippen LogP) is 5.98. The van der Waals surface area contributed by atoms with Crippen molar-refractivity contribution < 1.29 is 4.74 Å². The second kappa shape index (κ2) is 6.86. The smallest absolute Gasteiger partial charge is 0.130 e. The maximum absolute atomic E-state index is 7.04. The molecule has 1 aliphatic heterocycles. The van der Waals surface area contributed by atoms with Crippen molar-refractivity contribution in [3.05, 3.63) is 59.7 Å². The molecule has 3 heteroatoms. The molecule has 1 heterocycles. The van der Waals surface area contributed by atoms with Crippen LogP contribution in [0.15, 0.2) is 48.5 Å². The molecule has 2 aliphatic carbocycles. The van der Waals surface area contributed by atoms with Gasteiger partial charge in [-0.15, -0.1) is 11.8 Å². The van der Waals surface area contributed by atoms with E-state index in [0.29, 0.717) is 16.9 Å². The third kappa shape index (κ3) is 2.68. The van der Waals surface area contributed by atoms with Crippen LogP contribution < -0.4 is 10.6 Å². The lowest BCUT2D eigenvalue weighted by Gasteiger charge is -2.49. The highest BCUT2D eigenvalue weighted by Crippen LogP contribution is 2.70. The normalized spacial score (nSPS) is 33.2. The van der Waals surface area contributed by atoms with Gasteiger partial charge in [-0.3, -0.25) is 0 Å². The van der Waals surface area contributed by atoms with Crippen LogP contribution in [0.4, 0.5) is 0 Å². The Hall–Kier alpha value is -0.820. The van der Waals surface area contributed by atoms with E-state index in [2.05, 4.69) is 88.0 Å². The lowest BCUT2D eigenvalue weighted by Crippen LogP contribution is -2.47. The molecular formula is C25H31OPS. The second-order valence-corrected chi connectivity index (χ2v) is 13.1. The molecule has 2 aromatic carbocycles. The van der Waals surface area contributed by atoms with Crippen molar-refractivity contribution in [1.29, 1.82) is 0 Å². The fraction of sp³-hybridized carbons (Fsp3) is 0.520. The molecule has 1 spiro atoms. The molecule has 3 fully saturated rings. The standard InChI is InChI=1S/C25H31OPS/c1-17-9-5-7-11-20(17)27(21-12-8-6-10-18(21)2)23-26-22-15-19-13-14-25(22,16-28-23)24(19,3)4/h5-12,19,22-23H,13-16H2,1-4H3/t19-,22-,23+,25-/m1/s1. The van der Waals surface area contributed by atoms with Crippen molar-refractivity contribution in [1.82, 2.24) is 0 Å². The molecule has 3 aliphatic rings. The summed E-state index contributed by atoms with van der Waals surface area (Å²) in [5.41, 5.74) is 3.63. The van der Waals surface area contributed by atoms with Crippen molar-refractivity contribution in [2.45, 2.75) is 58.2 Å². The Morgan fingerprint density at radius 1 is 0.964 bits per heavy atom. The summed E-state index contributed by atoms with van der Waals surface area (Å²) >= 11 is 2.11. The summed E-state index contributed by atoms with van der Waals surface area (Å²) < 4.78 is 7.04. The van der Waals surface area contributed by atoms with Crippen LogP contribution >= 0.6 is 19.7 Å². The van der Waals surface area contributed by atoms with Gasteiger partial charge in [0.25, 0.3) is 0 Å². The predicted molar refractivity (Wildman–Crippen MR) is 123 cm³/mol. The zero-order valence-electron chi connectivity index (χ0n) is 17.4. The minimum Gasteiger partial charge on any atom is -0.359 e. The van der Waals surface area contributed by atoms with E-state index in [1.807, 2.05) is 0 Å². The van der Waals surface area contributed by atoms with Gasteiger partial charge in [-0.05, 0) is 74.1 Å². The molecule has 0 aromatic heterocycles. The number of benzene rings is 2. The Morgan fingerprint density at radius 2 is 1.57 bits per heavy atom. The van der Waals surface area contributed by atoms with Crippen LogP contribution in [-0.4, -0.2) is 17.0 Å². The van der Waals surface area contributed by atoms with E-state index in [-0.39, 0.29) is 5.18 Å². The number of aryl methyl sites for hydroxylation is 2. The van der Waals surface area contributed by atoms with E-state index in [0.717, 1.165) is 5.92 Å². The number of fused-ring (bicyclic) bond motifs is 1. The fourth-order valence-electron chi connectivity index (χ4n) is 6.09. The van der Waals surface area contributed by atoms with Crippen molar-refractivity contribution in [3.63, 3.8) is 0 Å². The Morgan fingerprint density at radius 3 is 2.14 bits per heavy atom. The van der Waals surface area contributed by atoms with Crippen molar-refractivity contribution in [2.75, 3.05) is 5.75 Å². The monoisotopic (exact) mass is 410 g/mol. The van der Waals surface area contributed by atoms with E-state index in [9.17, 15) is 0 Å². The van der Waals surface area contributed by atoms with Gasteiger partial charge >= 0.3 is 0 Å². The molecule has 0 N–H and O–H groups in total. The van der Waals surface area contributed by atoms with Gasteiger partial charge in [0.15, 0.2) is 0 Å². The Bertz CT molecular complexity index is 848. The van der Waals surface area contributed by atoms with Crippen LogP contribution in [0.25, 0.3) is 0 Å². The number of thioether (sulfide) groups is 1. The SMILES string of the molecule is Cc1ccccc1P(c1ccccc1C)[C@@H]1O[C@@H]2C[C@H]3CC[C@]2(CS1)C3(C)C. The molecule has 4 atom stereocenters. The number of ether oxygens (including phenoxy) is 1. The van der Waals surface area contributed by atoms with Crippen LogP contribution in [0.3, 0.4) is 0 Å². The molecule has 1 nitrogen and oxygen atoms in total. The van der Waals surface area contributed by atoms with Crippen molar-refractivity contribution in [3.8, 4) is 0 Å². The molecule has 28 heavy (non-hydrogen) atoms. The van der Waals surface area contributed by atoms with Gasteiger partial charge in [0, 0.05) is 11.2 Å². The van der Waals surface area contributed by atoms with Crippen LogP contribution in [0.1, 0.15) is 44.2 Å². The van der Waals surface area contributed by atoms with Crippen LogP contribution in [-0.2, 0) is 4.74 Å². The zero-order valence-corrected chi connectivity index (χ0v) is 19.2. The van der Waals surface area contributed by atoms with E-state index < -0.39 is 7.92 Å². The van der Waals surface area contributed by atoms with Crippen LogP contribution in [0, 0.1) is 30.6 Å². The first-order chi connectivity index (χ1) is 13.4. The summed E-state index contributed by atoms with van der Waals surface area (Å²) in [5, 5.41) is 3.24. The third-order valence-corrected chi connectivity index (χ3v) is 12.8. The first kappa shape index (κ1) is 19.2. The highest BCUT2D eigenvalue weighted by atomic mass is 32.2. The van der Waals surface area contributed by atoms with E-state index in [1.54, 1.807) is 0 Å². The minimum atomic E-state index is -0.537. The molecule has 2 bridgehead atoms. The number of rotatable bonds is 3. The summed E-state index contributed by atoms with van der Waals surface area (Å²) in [4.78, 5) is 0.